The molecule has 0 fully saturated rings. The highest BCUT2D eigenvalue weighted by Crippen LogP contribution is 2.50. The smallest absolute Gasteiger partial charge is 0.423 e. The molecule has 0 bridgehead atoms. The van der Waals surface area contributed by atoms with Gasteiger partial charge in [-0.05, 0) is 6.42 Å². The number of alkyl halides is 7. The van der Waals surface area contributed by atoms with Crippen LogP contribution in [0.2, 0.25) is 0 Å². The molecule has 0 atom stereocenters. The average Bonchev–Trinajstić information content (AvgIpc) is 2.08. The molecule has 0 unspecified atom stereocenters. The number of hydrogen-bond donors (Lipinski definition) is 0. The first-order chi connectivity index (χ1) is 6.98. The van der Waals surface area contributed by atoms with Gasteiger partial charge in [-0.25, -0.2) is 4.79 Å². The van der Waals surface area contributed by atoms with E-state index in [1.54, 1.807) is 0 Å². The molecule has 2 nitrogen and oxygen atoms in total. The Kier molecular flexibility index (Phi) is 4.66. The minimum absolute atomic E-state index is 0.116. The molecule has 0 spiro atoms. The Morgan fingerprint density at radius 2 is 1.50 bits per heavy atom. The van der Waals surface area contributed by atoms with Crippen LogP contribution in [0.15, 0.2) is 0 Å². The van der Waals surface area contributed by atoms with Gasteiger partial charge in [0.1, 0.15) is 0 Å². The van der Waals surface area contributed by atoms with Crippen LogP contribution in [0.4, 0.5) is 26.3 Å². The normalized spacial score (nSPS) is 13.8. The van der Waals surface area contributed by atoms with E-state index in [0.717, 1.165) is 0 Å². The van der Waals surface area contributed by atoms with Crippen LogP contribution in [0.5, 0.6) is 0 Å². The molecule has 0 saturated heterocycles. The van der Waals surface area contributed by atoms with Gasteiger partial charge >= 0.3 is 22.6 Å². The maximum atomic E-state index is 12.2. The number of rotatable bonds is 3. The van der Waals surface area contributed by atoms with Gasteiger partial charge in [0.25, 0.3) is 0 Å². The van der Waals surface area contributed by atoms with Gasteiger partial charge in [0, 0.05) is 0 Å². The molecule has 0 amide bonds. The molecule has 0 aromatic heterocycles. The number of carbonyl (C=O) groups is 1. The Balaban J connectivity index is 5.19. The molecule has 0 aliphatic heterocycles. The standard InChI is InChI=1S/C7H7BrF6O2/c1-2-3-16-4(15)5(8,6(9,10)11)7(12,13)14/h2-3H2,1H3. The van der Waals surface area contributed by atoms with E-state index in [1.165, 1.54) is 22.9 Å². The highest BCUT2D eigenvalue weighted by Gasteiger charge is 2.75. The number of hydrogen-bond acceptors (Lipinski definition) is 2. The Morgan fingerprint density at radius 1 is 1.12 bits per heavy atom. The van der Waals surface area contributed by atoms with Crippen LogP contribution in [0.25, 0.3) is 0 Å². The number of esters is 1. The topological polar surface area (TPSA) is 26.3 Å². The fourth-order valence-corrected chi connectivity index (χ4v) is 0.801. The van der Waals surface area contributed by atoms with Crippen LogP contribution in [0.3, 0.4) is 0 Å². The van der Waals surface area contributed by atoms with Crippen molar-refractivity contribution < 1.29 is 35.9 Å². The quantitative estimate of drug-likeness (QED) is 0.454. The fourth-order valence-electron chi connectivity index (χ4n) is 0.686. The van der Waals surface area contributed by atoms with Crippen molar-refractivity contribution in [2.45, 2.75) is 30.0 Å². The molecular formula is C7H7BrF6O2. The van der Waals surface area contributed by atoms with Gasteiger partial charge in [-0.15, -0.1) is 0 Å². The molecule has 0 aromatic carbocycles. The van der Waals surface area contributed by atoms with Crippen molar-refractivity contribution in [3.8, 4) is 0 Å². The zero-order valence-electron chi connectivity index (χ0n) is 7.88. The molecule has 9 heteroatoms. The summed E-state index contributed by atoms with van der Waals surface area (Å²) in [5, 5.41) is 0. The molecular weight excluding hydrogens is 310 g/mol. The van der Waals surface area contributed by atoms with E-state index in [0.29, 0.717) is 0 Å². The average molecular weight is 317 g/mol. The van der Waals surface area contributed by atoms with Gasteiger partial charge in [-0.1, -0.05) is 22.9 Å². The summed E-state index contributed by atoms with van der Waals surface area (Å²) in [7, 11) is 0. The van der Waals surface area contributed by atoms with Crippen molar-refractivity contribution in [1.82, 2.24) is 0 Å². The Morgan fingerprint density at radius 3 is 1.75 bits per heavy atom. The van der Waals surface area contributed by atoms with Crippen molar-refractivity contribution in [3.63, 3.8) is 0 Å². The van der Waals surface area contributed by atoms with Crippen molar-refractivity contribution in [3.05, 3.63) is 0 Å². The minimum Gasteiger partial charge on any atom is -0.464 e. The second-order valence-electron chi connectivity index (χ2n) is 2.79. The molecule has 0 aliphatic carbocycles. The van der Waals surface area contributed by atoms with Crippen molar-refractivity contribution in [2.24, 2.45) is 0 Å². The lowest BCUT2D eigenvalue weighted by molar-refractivity contribution is -0.262. The third-order valence-corrected chi connectivity index (χ3v) is 2.72. The first-order valence-corrected chi connectivity index (χ1v) is 4.77. The van der Waals surface area contributed by atoms with Crippen LogP contribution < -0.4 is 0 Å². The number of carbonyl (C=O) groups excluding carboxylic acids is 1. The zero-order chi connectivity index (χ0) is 13.2. The van der Waals surface area contributed by atoms with Gasteiger partial charge < -0.3 is 4.74 Å². The Hall–Kier alpha value is -0.470. The number of ether oxygens (including phenoxy) is 1. The summed E-state index contributed by atoms with van der Waals surface area (Å²) in [6.45, 7) is 0.919. The Labute approximate surface area is 95.1 Å². The molecule has 0 heterocycles. The van der Waals surface area contributed by atoms with E-state index in [1.807, 2.05) is 0 Å². The largest absolute Gasteiger partial charge is 0.464 e. The highest BCUT2D eigenvalue weighted by atomic mass is 79.9. The summed E-state index contributed by atoms with van der Waals surface area (Å²) in [5.74, 6) is -2.41. The molecule has 96 valence electrons. The summed E-state index contributed by atoms with van der Waals surface area (Å²) in [4.78, 5) is 10.8. The molecule has 0 N–H and O–H groups in total. The second-order valence-corrected chi connectivity index (χ2v) is 3.98. The SMILES string of the molecule is CCCOC(=O)C(Br)(C(F)(F)F)C(F)(F)F. The summed E-state index contributed by atoms with van der Waals surface area (Å²) in [6.07, 6.45) is -11.5. The van der Waals surface area contributed by atoms with Gasteiger partial charge in [0.05, 0.1) is 6.61 Å². The van der Waals surface area contributed by atoms with E-state index in [2.05, 4.69) is 4.74 Å². The van der Waals surface area contributed by atoms with E-state index in [4.69, 9.17) is 0 Å². The van der Waals surface area contributed by atoms with Crippen LogP contribution >= 0.6 is 15.9 Å². The monoisotopic (exact) mass is 316 g/mol. The van der Waals surface area contributed by atoms with Crippen LogP contribution in [-0.4, -0.2) is 29.3 Å². The first kappa shape index (κ1) is 15.5. The Bertz CT molecular complexity index is 245. The highest BCUT2D eigenvalue weighted by molar-refractivity contribution is 9.10. The third kappa shape index (κ3) is 2.80. The maximum absolute atomic E-state index is 12.2. The van der Waals surface area contributed by atoms with Crippen molar-refractivity contribution in [2.75, 3.05) is 6.61 Å². The molecule has 0 saturated carbocycles. The zero-order valence-corrected chi connectivity index (χ0v) is 9.46. The van der Waals surface area contributed by atoms with E-state index < -0.39 is 29.3 Å². The molecule has 0 radical (unpaired) electrons. The predicted molar refractivity (Wildman–Crippen MR) is 45.0 cm³/mol. The second kappa shape index (κ2) is 4.80. The van der Waals surface area contributed by atoms with Crippen molar-refractivity contribution >= 4 is 21.9 Å². The predicted octanol–water partition coefficient (Wildman–Crippen LogP) is 3.20. The lowest BCUT2D eigenvalue weighted by Crippen LogP contribution is -2.58. The minimum atomic E-state index is -5.82. The van der Waals surface area contributed by atoms with Crippen LogP contribution in [0, 0.1) is 0 Å². The molecule has 0 aliphatic rings. The van der Waals surface area contributed by atoms with E-state index in [-0.39, 0.29) is 6.42 Å². The lowest BCUT2D eigenvalue weighted by Gasteiger charge is -2.29. The summed E-state index contributed by atoms with van der Waals surface area (Å²) in [6, 6.07) is 0. The van der Waals surface area contributed by atoms with Crippen LogP contribution in [-0.2, 0) is 9.53 Å². The van der Waals surface area contributed by atoms with Gasteiger partial charge in [-0.2, -0.15) is 26.3 Å². The third-order valence-electron chi connectivity index (χ3n) is 1.50. The van der Waals surface area contributed by atoms with Gasteiger partial charge in [0.2, 0.25) is 0 Å². The number of halogens is 7. The summed E-state index contributed by atoms with van der Waals surface area (Å²) < 4.78 is 72.5. The van der Waals surface area contributed by atoms with Gasteiger partial charge in [-0.3, -0.25) is 0 Å². The van der Waals surface area contributed by atoms with Crippen LogP contribution in [0.1, 0.15) is 13.3 Å². The van der Waals surface area contributed by atoms with E-state index in [9.17, 15) is 31.1 Å². The molecule has 0 rings (SSSR count). The first-order valence-electron chi connectivity index (χ1n) is 3.98. The maximum Gasteiger partial charge on any atom is 0.423 e. The lowest BCUT2D eigenvalue weighted by atomic mass is 10.1. The molecule has 16 heavy (non-hydrogen) atoms. The summed E-state index contributed by atoms with van der Waals surface area (Å²) >= 11 is 1.40. The fraction of sp³-hybridized carbons (Fsp3) is 0.857. The summed E-state index contributed by atoms with van der Waals surface area (Å²) in [5.41, 5.74) is 0. The van der Waals surface area contributed by atoms with E-state index >= 15 is 0 Å². The van der Waals surface area contributed by atoms with Gasteiger partial charge in [0.15, 0.2) is 0 Å². The molecule has 0 aromatic rings. The van der Waals surface area contributed by atoms with Crippen molar-refractivity contribution in [1.29, 1.82) is 0 Å².